The highest BCUT2D eigenvalue weighted by molar-refractivity contribution is 5.76. The average molecular weight is 293 g/mol. The molecular weight excluding hydrogens is 275 g/mol. The lowest BCUT2D eigenvalue weighted by Gasteiger charge is -2.21. The number of aryl methyl sites for hydroxylation is 1. The normalized spacial score (nSPS) is 14.3. The van der Waals surface area contributed by atoms with Gasteiger partial charge in [-0.2, -0.15) is 18.3 Å². The Morgan fingerprint density at radius 2 is 2.00 bits per heavy atom. The SMILES string of the molecule is Cn1cc(C(NCC(F)(F)F)C(=O)O)c(C(C)(C)C)n1. The monoisotopic (exact) mass is 293 g/mol. The zero-order valence-corrected chi connectivity index (χ0v) is 11.7. The largest absolute Gasteiger partial charge is 0.480 e. The van der Waals surface area contributed by atoms with E-state index in [-0.39, 0.29) is 5.56 Å². The summed E-state index contributed by atoms with van der Waals surface area (Å²) in [6.07, 6.45) is -3.04. The molecule has 0 aliphatic rings. The molecule has 0 saturated carbocycles. The molecule has 1 heterocycles. The summed E-state index contributed by atoms with van der Waals surface area (Å²) in [7, 11) is 1.60. The molecular formula is C12H18F3N3O2. The predicted octanol–water partition coefficient (Wildman–Crippen LogP) is 2.00. The van der Waals surface area contributed by atoms with E-state index in [1.807, 2.05) is 26.1 Å². The Morgan fingerprint density at radius 3 is 2.40 bits per heavy atom. The van der Waals surface area contributed by atoms with E-state index in [2.05, 4.69) is 5.10 Å². The molecule has 0 aromatic carbocycles. The van der Waals surface area contributed by atoms with Crippen LogP contribution in [0.2, 0.25) is 0 Å². The number of alkyl halides is 3. The van der Waals surface area contributed by atoms with Gasteiger partial charge in [-0.05, 0) is 0 Å². The van der Waals surface area contributed by atoms with Crippen LogP contribution in [0, 0.1) is 0 Å². The third-order valence-corrected chi connectivity index (χ3v) is 2.63. The first-order chi connectivity index (χ1) is 8.92. The van der Waals surface area contributed by atoms with Crippen LogP contribution in [0.4, 0.5) is 13.2 Å². The van der Waals surface area contributed by atoms with Gasteiger partial charge in [-0.1, -0.05) is 20.8 Å². The molecule has 1 rings (SSSR count). The van der Waals surface area contributed by atoms with Crippen molar-refractivity contribution in [3.8, 4) is 0 Å². The summed E-state index contributed by atoms with van der Waals surface area (Å²) in [5, 5.41) is 15.3. The van der Waals surface area contributed by atoms with E-state index in [4.69, 9.17) is 5.11 Å². The van der Waals surface area contributed by atoms with E-state index in [9.17, 15) is 18.0 Å². The highest BCUT2D eigenvalue weighted by Crippen LogP contribution is 2.29. The number of halogens is 3. The van der Waals surface area contributed by atoms with Crippen molar-refractivity contribution in [3.05, 3.63) is 17.5 Å². The van der Waals surface area contributed by atoms with Gasteiger partial charge in [0.1, 0.15) is 6.04 Å². The molecule has 20 heavy (non-hydrogen) atoms. The molecule has 1 aromatic rings. The Labute approximate surface area is 114 Å². The van der Waals surface area contributed by atoms with Crippen molar-refractivity contribution < 1.29 is 23.1 Å². The summed E-state index contributed by atoms with van der Waals surface area (Å²) >= 11 is 0. The second kappa shape index (κ2) is 5.43. The molecule has 0 aliphatic carbocycles. The molecule has 8 heteroatoms. The van der Waals surface area contributed by atoms with Gasteiger partial charge in [-0.15, -0.1) is 0 Å². The van der Waals surface area contributed by atoms with E-state index >= 15 is 0 Å². The molecule has 2 N–H and O–H groups in total. The Morgan fingerprint density at radius 1 is 1.45 bits per heavy atom. The third kappa shape index (κ3) is 4.22. The highest BCUT2D eigenvalue weighted by Gasteiger charge is 2.34. The molecule has 0 bridgehead atoms. The van der Waals surface area contributed by atoms with Crippen LogP contribution in [0.15, 0.2) is 6.20 Å². The minimum atomic E-state index is -4.47. The first-order valence-electron chi connectivity index (χ1n) is 5.99. The summed E-state index contributed by atoms with van der Waals surface area (Å²) in [4.78, 5) is 11.2. The van der Waals surface area contributed by atoms with Gasteiger partial charge in [0.25, 0.3) is 0 Å². The Bertz CT molecular complexity index is 489. The van der Waals surface area contributed by atoms with Crippen LogP contribution >= 0.6 is 0 Å². The van der Waals surface area contributed by atoms with E-state index in [0.29, 0.717) is 5.69 Å². The number of carboxylic acids is 1. The minimum Gasteiger partial charge on any atom is -0.480 e. The van der Waals surface area contributed by atoms with Crippen LogP contribution in [0.3, 0.4) is 0 Å². The van der Waals surface area contributed by atoms with E-state index in [1.54, 1.807) is 7.05 Å². The maximum absolute atomic E-state index is 12.3. The van der Waals surface area contributed by atoms with Crippen LogP contribution in [0.25, 0.3) is 0 Å². The summed E-state index contributed by atoms with van der Waals surface area (Å²) in [6, 6.07) is -1.44. The number of rotatable bonds is 4. The summed E-state index contributed by atoms with van der Waals surface area (Å²) in [5.74, 6) is -1.37. The molecule has 0 saturated heterocycles. The molecule has 5 nitrogen and oxygen atoms in total. The predicted molar refractivity (Wildman–Crippen MR) is 66.3 cm³/mol. The van der Waals surface area contributed by atoms with Gasteiger partial charge < -0.3 is 5.11 Å². The highest BCUT2D eigenvalue weighted by atomic mass is 19.4. The van der Waals surface area contributed by atoms with E-state index in [0.717, 1.165) is 0 Å². The van der Waals surface area contributed by atoms with Crippen molar-refractivity contribution >= 4 is 5.97 Å². The van der Waals surface area contributed by atoms with Gasteiger partial charge in [-0.25, -0.2) is 0 Å². The van der Waals surface area contributed by atoms with Gasteiger partial charge >= 0.3 is 12.1 Å². The van der Waals surface area contributed by atoms with Gasteiger partial charge in [0, 0.05) is 24.2 Å². The zero-order valence-electron chi connectivity index (χ0n) is 11.7. The van der Waals surface area contributed by atoms with Gasteiger partial charge in [0.2, 0.25) is 0 Å². The van der Waals surface area contributed by atoms with E-state index in [1.165, 1.54) is 10.9 Å². The maximum Gasteiger partial charge on any atom is 0.401 e. The van der Waals surface area contributed by atoms with Crippen LogP contribution < -0.4 is 5.32 Å². The molecule has 0 aliphatic heterocycles. The smallest absolute Gasteiger partial charge is 0.401 e. The summed E-state index contributed by atoms with van der Waals surface area (Å²) in [5.41, 5.74) is 0.239. The molecule has 0 spiro atoms. The number of nitrogens with one attached hydrogen (secondary N) is 1. The van der Waals surface area contributed by atoms with Crippen LogP contribution in [0.5, 0.6) is 0 Å². The molecule has 0 amide bonds. The topological polar surface area (TPSA) is 67.2 Å². The van der Waals surface area contributed by atoms with E-state index < -0.39 is 30.1 Å². The Balaban J connectivity index is 3.13. The lowest BCUT2D eigenvalue weighted by molar-refractivity contribution is -0.143. The van der Waals surface area contributed by atoms with Crippen LogP contribution in [-0.4, -0.2) is 33.6 Å². The van der Waals surface area contributed by atoms with Gasteiger partial charge in [-0.3, -0.25) is 14.8 Å². The molecule has 1 aromatic heterocycles. The second-order valence-corrected chi connectivity index (χ2v) is 5.62. The summed E-state index contributed by atoms with van der Waals surface area (Å²) < 4.78 is 38.2. The van der Waals surface area contributed by atoms with Gasteiger partial charge in [0.15, 0.2) is 0 Å². The quantitative estimate of drug-likeness (QED) is 0.891. The summed E-state index contributed by atoms with van der Waals surface area (Å²) in [6.45, 7) is 4.09. The Kier molecular flexibility index (Phi) is 4.48. The molecule has 0 radical (unpaired) electrons. The molecule has 1 atom stereocenters. The molecule has 1 unspecified atom stereocenters. The lowest BCUT2D eigenvalue weighted by atomic mass is 9.87. The van der Waals surface area contributed by atoms with Gasteiger partial charge in [0.05, 0.1) is 12.2 Å². The number of carbonyl (C=O) groups is 1. The number of hydrogen-bond donors (Lipinski definition) is 2. The first kappa shape index (κ1) is 16.5. The second-order valence-electron chi connectivity index (χ2n) is 5.62. The average Bonchev–Trinajstić information content (AvgIpc) is 2.57. The minimum absolute atomic E-state index is 0.247. The standard InChI is InChI=1S/C12H18F3N3O2/c1-11(2,3)9-7(5-18(4)17-9)8(10(19)20)16-6-12(13,14)15/h5,8,16H,6H2,1-4H3,(H,19,20). The van der Waals surface area contributed by atoms with Crippen molar-refractivity contribution in [3.63, 3.8) is 0 Å². The lowest BCUT2D eigenvalue weighted by Crippen LogP contribution is -2.37. The number of nitrogens with zero attached hydrogens (tertiary/aromatic N) is 2. The fourth-order valence-electron chi connectivity index (χ4n) is 1.85. The van der Waals surface area contributed by atoms with Crippen LogP contribution in [0.1, 0.15) is 38.1 Å². The third-order valence-electron chi connectivity index (χ3n) is 2.63. The molecule has 114 valence electrons. The van der Waals surface area contributed by atoms with Crippen molar-refractivity contribution in [2.24, 2.45) is 7.05 Å². The van der Waals surface area contributed by atoms with Crippen molar-refractivity contribution in [2.75, 3.05) is 6.54 Å². The fraction of sp³-hybridized carbons (Fsp3) is 0.667. The Hall–Kier alpha value is -1.57. The number of hydrogen-bond acceptors (Lipinski definition) is 3. The number of carboxylic acid groups (broad SMARTS) is 1. The van der Waals surface area contributed by atoms with Crippen LogP contribution in [-0.2, 0) is 17.3 Å². The van der Waals surface area contributed by atoms with Crippen molar-refractivity contribution in [2.45, 2.75) is 38.4 Å². The fourth-order valence-corrected chi connectivity index (χ4v) is 1.85. The maximum atomic E-state index is 12.3. The number of aliphatic carboxylic acids is 1. The molecule has 0 fully saturated rings. The van der Waals surface area contributed by atoms with Crippen molar-refractivity contribution in [1.82, 2.24) is 15.1 Å². The van der Waals surface area contributed by atoms with Crippen molar-refractivity contribution in [1.29, 1.82) is 0 Å². The first-order valence-corrected chi connectivity index (χ1v) is 5.99. The zero-order chi connectivity index (χ0) is 15.7. The number of aromatic nitrogens is 2.